The Kier molecular flexibility index (Phi) is 10.2. The molecule has 0 spiro atoms. The minimum absolute atomic E-state index is 0.0113. The number of amides is 2. The minimum atomic E-state index is -0.181. The second-order valence-corrected chi connectivity index (χ2v) is 10.2. The Morgan fingerprint density at radius 1 is 0.941 bits per heavy atom. The van der Waals surface area contributed by atoms with Gasteiger partial charge in [-0.15, -0.1) is 0 Å². The van der Waals surface area contributed by atoms with Crippen molar-refractivity contribution in [2.45, 2.75) is 72.9 Å². The highest BCUT2D eigenvalue weighted by Gasteiger charge is 2.30. The fourth-order valence-corrected chi connectivity index (χ4v) is 4.21. The van der Waals surface area contributed by atoms with Crippen molar-refractivity contribution in [2.24, 2.45) is 11.8 Å². The Balaban J connectivity index is 2.44. The number of anilines is 2. The topological polar surface area (TPSA) is 52.7 Å². The summed E-state index contributed by atoms with van der Waals surface area (Å²) in [6.07, 6.45) is 1.23. The molecule has 0 fully saturated rings. The molecular formula is C29H43N3O2. The maximum Gasteiger partial charge on any atom is 0.230 e. The first-order valence-electron chi connectivity index (χ1n) is 12.5. The Labute approximate surface area is 206 Å². The second kappa shape index (κ2) is 12.6. The second-order valence-electron chi connectivity index (χ2n) is 10.2. The van der Waals surface area contributed by atoms with Crippen molar-refractivity contribution in [3.63, 3.8) is 0 Å². The van der Waals surface area contributed by atoms with Crippen LogP contribution in [0.2, 0.25) is 0 Å². The average Bonchev–Trinajstić information content (AvgIpc) is 2.77. The van der Waals surface area contributed by atoms with Crippen LogP contribution in [0.4, 0.5) is 11.4 Å². The SMILES string of the molecule is CCC(C(=O)N(Cc1cc(NC(=O)CC(C)C)ccc1N(C)C)C(C)C(C)C)c1ccccc1. The van der Waals surface area contributed by atoms with Crippen molar-refractivity contribution >= 4 is 23.2 Å². The van der Waals surface area contributed by atoms with Gasteiger partial charge in [-0.2, -0.15) is 0 Å². The third-order valence-electron chi connectivity index (χ3n) is 6.43. The summed E-state index contributed by atoms with van der Waals surface area (Å²) in [4.78, 5) is 30.4. The largest absolute Gasteiger partial charge is 0.377 e. The van der Waals surface area contributed by atoms with Crippen LogP contribution in [0.5, 0.6) is 0 Å². The molecule has 2 aromatic carbocycles. The molecule has 2 amide bonds. The van der Waals surface area contributed by atoms with Crippen LogP contribution in [-0.4, -0.2) is 36.9 Å². The van der Waals surface area contributed by atoms with E-state index in [9.17, 15) is 9.59 Å². The Morgan fingerprint density at radius 3 is 2.12 bits per heavy atom. The smallest absolute Gasteiger partial charge is 0.230 e. The zero-order valence-corrected chi connectivity index (χ0v) is 22.3. The van der Waals surface area contributed by atoms with Gasteiger partial charge >= 0.3 is 0 Å². The van der Waals surface area contributed by atoms with Crippen LogP contribution < -0.4 is 10.2 Å². The van der Waals surface area contributed by atoms with E-state index < -0.39 is 0 Å². The van der Waals surface area contributed by atoms with Crippen LogP contribution >= 0.6 is 0 Å². The first-order valence-corrected chi connectivity index (χ1v) is 12.5. The van der Waals surface area contributed by atoms with Crippen molar-refractivity contribution < 1.29 is 9.59 Å². The van der Waals surface area contributed by atoms with Gasteiger partial charge in [0.25, 0.3) is 0 Å². The van der Waals surface area contributed by atoms with Crippen molar-refractivity contribution in [1.82, 2.24) is 4.90 Å². The molecule has 0 heterocycles. The number of carbonyl (C=O) groups excluding carboxylic acids is 2. The van der Waals surface area contributed by atoms with E-state index in [-0.39, 0.29) is 23.8 Å². The fourth-order valence-electron chi connectivity index (χ4n) is 4.21. The van der Waals surface area contributed by atoms with Gasteiger partial charge in [0, 0.05) is 44.5 Å². The third-order valence-corrected chi connectivity index (χ3v) is 6.43. The van der Waals surface area contributed by atoms with Crippen molar-refractivity contribution in [3.05, 3.63) is 59.7 Å². The van der Waals surface area contributed by atoms with Crippen LogP contribution in [0.3, 0.4) is 0 Å². The predicted molar refractivity (Wildman–Crippen MR) is 143 cm³/mol. The quantitative estimate of drug-likeness (QED) is 0.423. The Hall–Kier alpha value is -2.82. The van der Waals surface area contributed by atoms with Gasteiger partial charge in [0.2, 0.25) is 11.8 Å². The molecule has 34 heavy (non-hydrogen) atoms. The fraction of sp³-hybridized carbons (Fsp3) is 0.517. The first kappa shape index (κ1) is 27.4. The van der Waals surface area contributed by atoms with Crippen LogP contribution in [0.25, 0.3) is 0 Å². The lowest BCUT2D eigenvalue weighted by atomic mass is 9.92. The molecule has 2 rings (SSSR count). The van der Waals surface area contributed by atoms with Crippen LogP contribution in [-0.2, 0) is 16.1 Å². The van der Waals surface area contributed by atoms with Crippen LogP contribution in [0.1, 0.15) is 71.4 Å². The molecule has 2 aromatic rings. The van der Waals surface area contributed by atoms with Gasteiger partial charge in [0.1, 0.15) is 0 Å². The highest BCUT2D eigenvalue weighted by Crippen LogP contribution is 2.30. The van der Waals surface area contributed by atoms with Crippen molar-refractivity contribution in [2.75, 3.05) is 24.3 Å². The highest BCUT2D eigenvalue weighted by atomic mass is 16.2. The van der Waals surface area contributed by atoms with E-state index in [0.717, 1.165) is 28.9 Å². The molecular weight excluding hydrogens is 422 g/mol. The third kappa shape index (κ3) is 7.34. The number of rotatable bonds is 11. The normalized spacial score (nSPS) is 13.0. The lowest BCUT2D eigenvalue weighted by Gasteiger charge is -2.36. The van der Waals surface area contributed by atoms with Crippen LogP contribution in [0.15, 0.2) is 48.5 Å². The monoisotopic (exact) mass is 465 g/mol. The maximum absolute atomic E-state index is 13.9. The molecule has 0 saturated carbocycles. The van der Waals surface area contributed by atoms with E-state index in [2.05, 4.69) is 37.9 Å². The first-order chi connectivity index (χ1) is 16.0. The molecule has 5 nitrogen and oxygen atoms in total. The lowest BCUT2D eigenvalue weighted by Crippen LogP contribution is -2.43. The van der Waals surface area contributed by atoms with E-state index in [0.29, 0.717) is 24.8 Å². The number of hydrogen-bond donors (Lipinski definition) is 1. The number of nitrogens with zero attached hydrogens (tertiary/aromatic N) is 2. The van der Waals surface area contributed by atoms with Gasteiger partial charge in [-0.05, 0) is 54.5 Å². The van der Waals surface area contributed by atoms with E-state index in [1.165, 1.54) is 0 Å². The molecule has 2 atom stereocenters. The van der Waals surface area contributed by atoms with Gasteiger partial charge in [-0.25, -0.2) is 0 Å². The van der Waals surface area contributed by atoms with Gasteiger partial charge in [-0.3, -0.25) is 9.59 Å². The van der Waals surface area contributed by atoms with Gasteiger partial charge in [-0.1, -0.05) is 65.0 Å². The minimum Gasteiger partial charge on any atom is -0.377 e. The van der Waals surface area contributed by atoms with Crippen molar-refractivity contribution in [3.8, 4) is 0 Å². The van der Waals surface area contributed by atoms with Crippen LogP contribution in [0, 0.1) is 11.8 Å². The van der Waals surface area contributed by atoms with Gasteiger partial charge < -0.3 is 15.1 Å². The molecule has 0 aromatic heterocycles. The molecule has 186 valence electrons. The summed E-state index contributed by atoms with van der Waals surface area (Å²) in [5.74, 6) is 0.587. The number of hydrogen-bond acceptors (Lipinski definition) is 3. The molecule has 1 N–H and O–H groups in total. The number of benzene rings is 2. The Morgan fingerprint density at radius 2 is 1.59 bits per heavy atom. The standard InChI is InChI=1S/C29H43N3O2/c1-9-26(23-13-11-10-12-14-23)29(34)32(22(6)21(4)5)19-24-18-25(15-16-27(24)31(7)8)30-28(33)17-20(2)3/h10-16,18,20-22,26H,9,17,19H2,1-8H3,(H,30,33). The Bertz CT molecular complexity index is 938. The molecule has 0 aliphatic rings. The lowest BCUT2D eigenvalue weighted by molar-refractivity contribution is -0.136. The van der Waals surface area contributed by atoms with E-state index in [1.54, 1.807) is 0 Å². The summed E-state index contributed by atoms with van der Waals surface area (Å²) in [5.41, 5.74) is 3.89. The molecule has 0 radical (unpaired) electrons. The molecule has 5 heteroatoms. The van der Waals surface area contributed by atoms with Crippen molar-refractivity contribution in [1.29, 1.82) is 0 Å². The summed E-state index contributed by atoms with van der Waals surface area (Å²) < 4.78 is 0. The van der Waals surface area contributed by atoms with Gasteiger partial charge in [0.05, 0.1) is 5.92 Å². The highest BCUT2D eigenvalue weighted by molar-refractivity contribution is 5.91. The van der Waals surface area contributed by atoms with E-state index in [1.807, 2.05) is 81.4 Å². The number of nitrogens with one attached hydrogen (secondary N) is 1. The van der Waals surface area contributed by atoms with E-state index >= 15 is 0 Å². The number of carbonyl (C=O) groups is 2. The molecule has 0 saturated heterocycles. The van der Waals surface area contributed by atoms with Gasteiger partial charge in [0.15, 0.2) is 0 Å². The zero-order valence-electron chi connectivity index (χ0n) is 22.3. The summed E-state index contributed by atoms with van der Waals surface area (Å²) in [7, 11) is 4.01. The van der Waals surface area contributed by atoms with E-state index in [4.69, 9.17) is 0 Å². The molecule has 2 unspecified atom stereocenters. The summed E-state index contributed by atoms with van der Waals surface area (Å²) in [6, 6.07) is 16.1. The predicted octanol–water partition coefficient (Wildman–Crippen LogP) is 6.30. The summed E-state index contributed by atoms with van der Waals surface area (Å²) in [6.45, 7) is 13.1. The summed E-state index contributed by atoms with van der Waals surface area (Å²) >= 11 is 0. The molecule has 0 aliphatic carbocycles. The average molecular weight is 466 g/mol. The molecule has 0 bridgehead atoms. The zero-order chi connectivity index (χ0) is 25.4. The summed E-state index contributed by atoms with van der Waals surface area (Å²) in [5, 5.41) is 3.03. The maximum atomic E-state index is 13.9. The molecule has 0 aliphatic heterocycles.